The van der Waals surface area contributed by atoms with Crippen LogP contribution in [0.2, 0.25) is 0 Å². The molecule has 0 bridgehead atoms. The first kappa shape index (κ1) is 17.1. The van der Waals surface area contributed by atoms with Crippen LogP contribution in [0.15, 0.2) is 46.9 Å². The molecule has 2 N–H and O–H groups in total. The minimum absolute atomic E-state index is 0.137. The number of allylic oxidation sites excluding steroid dienone is 1. The largest absolute Gasteiger partial charge is 0.321 e. The van der Waals surface area contributed by atoms with Gasteiger partial charge in [-0.2, -0.15) is 0 Å². The molecule has 0 saturated heterocycles. The Labute approximate surface area is 143 Å². The topological polar surface area (TPSA) is 75.3 Å². The number of halogens is 2. The van der Waals surface area contributed by atoms with Crippen LogP contribution in [0.5, 0.6) is 0 Å². The fraction of sp³-hybridized carbons (Fsp3) is 0.118. The first-order valence-corrected chi connectivity index (χ1v) is 8.78. The van der Waals surface area contributed by atoms with E-state index in [2.05, 4.69) is 10.0 Å². The molecule has 0 aliphatic carbocycles. The Morgan fingerprint density at radius 2 is 1.80 bits per heavy atom. The molecule has 0 atom stereocenters. The maximum absolute atomic E-state index is 13.8. The third kappa shape index (κ3) is 3.12. The zero-order valence-corrected chi connectivity index (χ0v) is 14.2. The Bertz CT molecular complexity index is 1030. The monoisotopic (exact) mass is 364 g/mol. The number of anilines is 2. The first-order chi connectivity index (χ1) is 11.7. The number of carbonyl (C=O) groups excluding carboxylic acids is 1. The summed E-state index contributed by atoms with van der Waals surface area (Å²) in [4.78, 5) is 11.2. The summed E-state index contributed by atoms with van der Waals surface area (Å²) in [5, 5.41) is 2.68. The molecule has 2 aromatic carbocycles. The van der Waals surface area contributed by atoms with Crippen molar-refractivity contribution in [2.45, 2.75) is 18.7 Å². The van der Waals surface area contributed by atoms with Crippen LogP contribution < -0.4 is 10.0 Å². The molecule has 0 aromatic heterocycles. The molecule has 5 nitrogen and oxygen atoms in total. The maximum Gasteiger partial charge on any atom is 0.264 e. The highest BCUT2D eigenvalue weighted by molar-refractivity contribution is 7.92. The normalized spacial score (nSPS) is 13.4. The minimum atomic E-state index is -4.32. The number of nitrogens with one attached hydrogen (secondary N) is 2. The molecule has 0 radical (unpaired) electrons. The Morgan fingerprint density at radius 3 is 2.48 bits per heavy atom. The van der Waals surface area contributed by atoms with E-state index in [1.165, 1.54) is 12.1 Å². The van der Waals surface area contributed by atoms with Crippen LogP contribution >= 0.6 is 0 Å². The third-order valence-corrected chi connectivity index (χ3v) is 5.10. The van der Waals surface area contributed by atoms with Crippen LogP contribution in [0.1, 0.15) is 19.4 Å². The molecule has 3 rings (SSSR count). The zero-order valence-electron chi connectivity index (χ0n) is 13.4. The van der Waals surface area contributed by atoms with Crippen molar-refractivity contribution in [2.24, 2.45) is 0 Å². The lowest BCUT2D eigenvalue weighted by molar-refractivity contribution is -0.110. The van der Waals surface area contributed by atoms with E-state index in [1.54, 1.807) is 19.9 Å². The Balaban J connectivity index is 2.02. The molecular formula is C17H14F2N2O3S. The summed E-state index contributed by atoms with van der Waals surface area (Å²) in [6, 6.07) is 6.64. The number of rotatable bonds is 3. The Kier molecular flexibility index (Phi) is 4.08. The number of sulfonamides is 1. The summed E-state index contributed by atoms with van der Waals surface area (Å²) >= 11 is 0. The van der Waals surface area contributed by atoms with E-state index in [0.29, 0.717) is 22.9 Å². The van der Waals surface area contributed by atoms with Gasteiger partial charge in [-0.05, 0) is 50.2 Å². The van der Waals surface area contributed by atoms with E-state index < -0.39 is 26.6 Å². The number of amides is 1. The van der Waals surface area contributed by atoms with Gasteiger partial charge in [-0.15, -0.1) is 0 Å². The lowest BCUT2D eigenvalue weighted by Gasteiger charge is -2.10. The van der Waals surface area contributed by atoms with E-state index in [1.807, 2.05) is 0 Å². The predicted molar refractivity (Wildman–Crippen MR) is 90.5 cm³/mol. The van der Waals surface area contributed by atoms with Crippen LogP contribution in [0.4, 0.5) is 20.2 Å². The van der Waals surface area contributed by atoms with Gasteiger partial charge in [-0.3, -0.25) is 9.52 Å². The van der Waals surface area contributed by atoms with E-state index in [4.69, 9.17) is 0 Å². The molecule has 0 saturated carbocycles. The minimum Gasteiger partial charge on any atom is -0.321 e. The van der Waals surface area contributed by atoms with Gasteiger partial charge < -0.3 is 5.32 Å². The second-order valence-corrected chi connectivity index (χ2v) is 7.42. The average molecular weight is 364 g/mol. The van der Waals surface area contributed by atoms with Gasteiger partial charge in [0, 0.05) is 22.5 Å². The van der Waals surface area contributed by atoms with E-state index in [-0.39, 0.29) is 11.6 Å². The van der Waals surface area contributed by atoms with Crippen LogP contribution in [0.25, 0.3) is 5.57 Å². The molecule has 1 aliphatic heterocycles. The summed E-state index contributed by atoms with van der Waals surface area (Å²) in [6.07, 6.45) is 0. The van der Waals surface area contributed by atoms with E-state index >= 15 is 0 Å². The number of carbonyl (C=O) groups is 1. The van der Waals surface area contributed by atoms with E-state index in [0.717, 1.165) is 17.7 Å². The molecule has 1 heterocycles. The van der Waals surface area contributed by atoms with E-state index in [9.17, 15) is 22.0 Å². The molecule has 1 amide bonds. The fourth-order valence-corrected chi connectivity index (χ4v) is 3.76. The van der Waals surface area contributed by atoms with Crippen molar-refractivity contribution in [1.29, 1.82) is 0 Å². The SMILES string of the molecule is CC(C)=C1C(=O)Nc2ccc(NS(=O)(=O)c3cc(F)ccc3F)cc21. The second kappa shape index (κ2) is 5.96. The van der Waals surface area contributed by atoms with Crippen molar-refractivity contribution in [2.75, 3.05) is 10.0 Å². The fourth-order valence-electron chi connectivity index (χ4n) is 2.62. The molecule has 8 heteroatoms. The molecule has 25 heavy (non-hydrogen) atoms. The van der Waals surface area contributed by atoms with Crippen LogP contribution in [-0.2, 0) is 14.8 Å². The van der Waals surface area contributed by atoms with Gasteiger partial charge in [-0.25, -0.2) is 17.2 Å². The van der Waals surface area contributed by atoms with Crippen molar-refractivity contribution in [3.05, 3.63) is 59.2 Å². The predicted octanol–water partition coefficient (Wildman–Crippen LogP) is 3.51. The molecule has 0 unspecified atom stereocenters. The van der Waals surface area contributed by atoms with Crippen molar-refractivity contribution < 1.29 is 22.0 Å². The number of hydrogen-bond acceptors (Lipinski definition) is 3. The summed E-state index contributed by atoms with van der Waals surface area (Å²) in [7, 11) is -4.32. The average Bonchev–Trinajstić information content (AvgIpc) is 2.84. The molecule has 1 aliphatic rings. The number of fused-ring (bicyclic) bond motifs is 1. The van der Waals surface area contributed by atoms with Gasteiger partial charge in [0.25, 0.3) is 15.9 Å². The number of hydrogen-bond donors (Lipinski definition) is 2. The van der Waals surface area contributed by atoms with Gasteiger partial charge in [0.2, 0.25) is 0 Å². The standard InChI is InChI=1S/C17H14F2N2O3S/c1-9(2)16-12-8-11(4-6-14(12)20-17(16)22)21-25(23,24)15-7-10(18)3-5-13(15)19/h3-8,21H,1-2H3,(H,20,22). The first-order valence-electron chi connectivity index (χ1n) is 7.30. The lowest BCUT2D eigenvalue weighted by atomic mass is 10.0. The third-order valence-electron chi connectivity index (χ3n) is 3.70. The highest BCUT2D eigenvalue weighted by Crippen LogP contribution is 2.36. The smallest absolute Gasteiger partial charge is 0.264 e. The van der Waals surface area contributed by atoms with Crippen molar-refractivity contribution in [3.63, 3.8) is 0 Å². The number of benzene rings is 2. The second-order valence-electron chi connectivity index (χ2n) is 5.77. The molecule has 0 fully saturated rings. The highest BCUT2D eigenvalue weighted by atomic mass is 32.2. The van der Waals surface area contributed by atoms with Gasteiger partial charge in [0.15, 0.2) is 0 Å². The van der Waals surface area contributed by atoms with Crippen molar-refractivity contribution in [1.82, 2.24) is 0 Å². The summed E-state index contributed by atoms with van der Waals surface area (Å²) in [6.45, 7) is 3.53. The molecule has 130 valence electrons. The molecule has 0 spiro atoms. The van der Waals surface area contributed by atoms with Gasteiger partial charge in [-0.1, -0.05) is 5.57 Å². The van der Waals surface area contributed by atoms with Gasteiger partial charge >= 0.3 is 0 Å². The highest BCUT2D eigenvalue weighted by Gasteiger charge is 2.26. The van der Waals surface area contributed by atoms with Crippen molar-refractivity contribution in [3.8, 4) is 0 Å². The quantitative estimate of drug-likeness (QED) is 0.819. The molecular weight excluding hydrogens is 350 g/mol. The van der Waals surface area contributed by atoms with Gasteiger partial charge in [0.1, 0.15) is 16.5 Å². The van der Waals surface area contributed by atoms with Crippen molar-refractivity contribution >= 4 is 32.9 Å². The summed E-state index contributed by atoms with van der Waals surface area (Å²) in [5.41, 5.74) is 2.46. The zero-order chi connectivity index (χ0) is 18.4. The van der Waals surface area contributed by atoms with Crippen LogP contribution in [0, 0.1) is 11.6 Å². The Hall–Kier alpha value is -2.74. The maximum atomic E-state index is 13.8. The summed E-state index contributed by atoms with van der Waals surface area (Å²) < 4.78 is 53.9. The Morgan fingerprint density at radius 1 is 1.08 bits per heavy atom. The van der Waals surface area contributed by atoms with Crippen LogP contribution in [-0.4, -0.2) is 14.3 Å². The molecule has 2 aromatic rings. The van der Waals surface area contributed by atoms with Crippen LogP contribution in [0.3, 0.4) is 0 Å². The summed E-state index contributed by atoms with van der Waals surface area (Å²) in [5.74, 6) is -2.19. The van der Waals surface area contributed by atoms with Gasteiger partial charge in [0.05, 0.1) is 0 Å². The lowest BCUT2D eigenvalue weighted by Crippen LogP contribution is -2.15.